The minimum Gasteiger partial charge on any atom is -0.320 e. The molecule has 0 bridgehead atoms. The highest BCUT2D eigenvalue weighted by atomic mass is 16.2. The van der Waals surface area contributed by atoms with Gasteiger partial charge in [0.25, 0.3) is 0 Å². The summed E-state index contributed by atoms with van der Waals surface area (Å²) in [5.74, 6) is 0. The fraction of sp³-hybridized carbons (Fsp3) is 0.900. The molecule has 2 saturated heterocycles. The summed E-state index contributed by atoms with van der Waals surface area (Å²) >= 11 is 0. The third-order valence-corrected chi connectivity index (χ3v) is 3.17. The second-order valence-corrected chi connectivity index (χ2v) is 4.41. The maximum Gasteiger partial charge on any atom is 0.320 e. The molecule has 4 nitrogen and oxygen atoms in total. The molecule has 2 heterocycles. The van der Waals surface area contributed by atoms with E-state index in [9.17, 15) is 4.79 Å². The summed E-state index contributed by atoms with van der Waals surface area (Å²) in [4.78, 5) is 15.9. The quantitative estimate of drug-likeness (QED) is 0.699. The predicted molar refractivity (Wildman–Crippen MR) is 55.2 cm³/mol. The Hall–Kier alpha value is -0.770. The molecule has 0 radical (unpaired) electrons. The Bertz CT molecular complexity index is 223. The number of hydrogen-bond donors (Lipinski definition) is 1. The maximum atomic E-state index is 12.0. The highest BCUT2D eigenvalue weighted by molar-refractivity contribution is 5.77. The summed E-state index contributed by atoms with van der Waals surface area (Å²) in [5.41, 5.74) is 0. The first-order chi connectivity index (χ1) is 6.70. The van der Waals surface area contributed by atoms with Crippen LogP contribution in [0.4, 0.5) is 4.79 Å². The molecule has 0 aromatic rings. The largest absolute Gasteiger partial charge is 0.320 e. The molecule has 4 heteroatoms. The zero-order chi connectivity index (χ0) is 10.1. The third-order valence-electron chi connectivity index (χ3n) is 3.17. The van der Waals surface area contributed by atoms with Gasteiger partial charge in [0.15, 0.2) is 0 Å². The van der Waals surface area contributed by atoms with Crippen LogP contribution in [0.5, 0.6) is 0 Å². The molecule has 0 spiro atoms. The van der Waals surface area contributed by atoms with Gasteiger partial charge in [0.1, 0.15) is 0 Å². The number of nitrogens with zero attached hydrogens (tertiary/aromatic N) is 2. The molecule has 1 N–H and O–H groups in total. The van der Waals surface area contributed by atoms with Crippen molar-refractivity contribution in [3.05, 3.63) is 0 Å². The van der Waals surface area contributed by atoms with E-state index < -0.39 is 0 Å². The van der Waals surface area contributed by atoms with Crippen molar-refractivity contribution in [2.45, 2.75) is 32.4 Å². The van der Waals surface area contributed by atoms with Gasteiger partial charge in [-0.1, -0.05) is 0 Å². The molecular formula is C10H19N3O. The lowest BCUT2D eigenvalue weighted by Crippen LogP contribution is -2.42. The number of hydrogen-bond acceptors (Lipinski definition) is 2. The van der Waals surface area contributed by atoms with E-state index in [0.29, 0.717) is 12.1 Å². The van der Waals surface area contributed by atoms with E-state index >= 15 is 0 Å². The normalized spacial score (nSPS) is 28.2. The number of nitrogens with one attached hydrogen (secondary N) is 1. The maximum absolute atomic E-state index is 12.0. The van der Waals surface area contributed by atoms with Crippen molar-refractivity contribution in [2.24, 2.45) is 0 Å². The van der Waals surface area contributed by atoms with Crippen molar-refractivity contribution in [3.8, 4) is 0 Å². The number of carbonyl (C=O) groups excluding carboxylic acids is 1. The molecule has 2 aliphatic heterocycles. The van der Waals surface area contributed by atoms with Crippen LogP contribution in [0.2, 0.25) is 0 Å². The van der Waals surface area contributed by atoms with Gasteiger partial charge in [0.2, 0.25) is 0 Å². The molecule has 0 aromatic heterocycles. The fourth-order valence-corrected chi connectivity index (χ4v) is 2.30. The molecule has 0 saturated carbocycles. The molecule has 0 aliphatic carbocycles. The Morgan fingerprint density at radius 1 is 1.43 bits per heavy atom. The van der Waals surface area contributed by atoms with E-state index in [4.69, 9.17) is 0 Å². The van der Waals surface area contributed by atoms with Gasteiger partial charge in [-0.25, -0.2) is 4.79 Å². The molecule has 2 rings (SSSR count). The van der Waals surface area contributed by atoms with E-state index in [0.717, 1.165) is 32.6 Å². The zero-order valence-electron chi connectivity index (χ0n) is 8.99. The van der Waals surface area contributed by atoms with Crippen LogP contribution in [0.15, 0.2) is 0 Å². The van der Waals surface area contributed by atoms with Gasteiger partial charge in [0, 0.05) is 31.7 Å². The average Bonchev–Trinajstić information content (AvgIpc) is 2.71. The smallest absolute Gasteiger partial charge is 0.320 e. The van der Waals surface area contributed by atoms with E-state index in [1.54, 1.807) is 0 Å². The van der Waals surface area contributed by atoms with Crippen LogP contribution in [0.1, 0.15) is 20.3 Å². The lowest BCUT2D eigenvalue weighted by molar-refractivity contribution is 0.172. The van der Waals surface area contributed by atoms with Gasteiger partial charge in [-0.15, -0.1) is 0 Å². The molecule has 0 aromatic carbocycles. The Morgan fingerprint density at radius 2 is 2.21 bits per heavy atom. The number of amides is 2. The first-order valence-electron chi connectivity index (χ1n) is 5.48. The SMILES string of the molecule is CC(C)N1CCN(C2CCNC2)C1=O. The predicted octanol–water partition coefficient (Wildman–Crippen LogP) is 0.494. The third kappa shape index (κ3) is 1.59. The first kappa shape index (κ1) is 9.77. The fourth-order valence-electron chi connectivity index (χ4n) is 2.30. The second-order valence-electron chi connectivity index (χ2n) is 4.41. The highest BCUT2D eigenvalue weighted by Gasteiger charge is 2.35. The van der Waals surface area contributed by atoms with Crippen LogP contribution in [0, 0.1) is 0 Å². The summed E-state index contributed by atoms with van der Waals surface area (Å²) in [5, 5.41) is 3.30. The summed E-state index contributed by atoms with van der Waals surface area (Å²) in [6, 6.07) is 1.00. The van der Waals surface area contributed by atoms with E-state index in [1.807, 2.05) is 9.80 Å². The lowest BCUT2D eigenvalue weighted by Gasteiger charge is -2.25. The van der Waals surface area contributed by atoms with Crippen LogP contribution in [0.3, 0.4) is 0 Å². The number of carbonyl (C=O) groups is 1. The van der Waals surface area contributed by atoms with Gasteiger partial charge < -0.3 is 15.1 Å². The summed E-state index contributed by atoms with van der Waals surface area (Å²) in [6.45, 7) is 7.98. The summed E-state index contributed by atoms with van der Waals surface area (Å²) < 4.78 is 0. The number of rotatable bonds is 2. The van der Waals surface area contributed by atoms with Gasteiger partial charge >= 0.3 is 6.03 Å². The van der Waals surface area contributed by atoms with Crippen LogP contribution in [-0.2, 0) is 0 Å². The molecule has 2 aliphatic rings. The number of urea groups is 1. The van der Waals surface area contributed by atoms with Crippen LogP contribution in [0.25, 0.3) is 0 Å². The Labute approximate surface area is 85.2 Å². The molecule has 1 atom stereocenters. The van der Waals surface area contributed by atoms with Crippen molar-refractivity contribution in [2.75, 3.05) is 26.2 Å². The monoisotopic (exact) mass is 197 g/mol. The van der Waals surface area contributed by atoms with Gasteiger partial charge in [0.05, 0.1) is 0 Å². The average molecular weight is 197 g/mol. The zero-order valence-corrected chi connectivity index (χ0v) is 8.99. The van der Waals surface area contributed by atoms with Crippen molar-refractivity contribution in [3.63, 3.8) is 0 Å². The van der Waals surface area contributed by atoms with Gasteiger partial charge in [-0.2, -0.15) is 0 Å². The summed E-state index contributed by atoms with van der Waals surface area (Å²) in [6.07, 6.45) is 1.11. The van der Waals surface area contributed by atoms with Gasteiger partial charge in [-0.05, 0) is 26.8 Å². The molecule has 1 unspecified atom stereocenters. The molecule has 14 heavy (non-hydrogen) atoms. The van der Waals surface area contributed by atoms with E-state index in [1.165, 1.54) is 0 Å². The Balaban J connectivity index is 1.99. The van der Waals surface area contributed by atoms with Crippen LogP contribution in [-0.4, -0.2) is 54.1 Å². The van der Waals surface area contributed by atoms with Crippen molar-refractivity contribution >= 4 is 6.03 Å². The molecular weight excluding hydrogens is 178 g/mol. The first-order valence-corrected chi connectivity index (χ1v) is 5.48. The Morgan fingerprint density at radius 3 is 2.71 bits per heavy atom. The van der Waals surface area contributed by atoms with Crippen LogP contribution >= 0.6 is 0 Å². The van der Waals surface area contributed by atoms with Crippen molar-refractivity contribution < 1.29 is 4.79 Å². The van der Waals surface area contributed by atoms with Crippen LogP contribution < -0.4 is 5.32 Å². The van der Waals surface area contributed by atoms with E-state index in [-0.39, 0.29) is 6.03 Å². The van der Waals surface area contributed by atoms with E-state index in [2.05, 4.69) is 19.2 Å². The van der Waals surface area contributed by atoms with Crippen molar-refractivity contribution in [1.82, 2.24) is 15.1 Å². The minimum atomic E-state index is 0.230. The topological polar surface area (TPSA) is 35.6 Å². The van der Waals surface area contributed by atoms with Crippen molar-refractivity contribution in [1.29, 1.82) is 0 Å². The summed E-state index contributed by atoms with van der Waals surface area (Å²) in [7, 11) is 0. The second kappa shape index (κ2) is 3.77. The standard InChI is InChI=1S/C10H19N3O/c1-8(2)12-5-6-13(10(12)14)9-3-4-11-7-9/h8-9,11H,3-7H2,1-2H3. The molecule has 80 valence electrons. The molecule has 2 fully saturated rings. The highest BCUT2D eigenvalue weighted by Crippen LogP contribution is 2.18. The lowest BCUT2D eigenvalue weighted by atomic mass is 10.2. The molecule has 2 amide bonds. The minimum absolute atomic E-state index is 0.230. The van der Waals surface area contributed by atoms with Gasteiger partial charge in [-0.3, -0.25) is 0 Å². The Kier molecular flexibility index (Phi) is 2.63.